The average Bonchev–Trinajstić information content (AvgIpc) is 3.08. The number of aromatic nitrogens is 1. The van der Waals surface area contributed by atoms with E-state index in [4.69, 9.17) is 0 Å². The summed E-state index contributed by atoms with van der Waals surface area (Å²) in [5, 5.41) is 1.04. The van der Waals surface area contributed by atoms with Gasteiger partial charge in [-0.3, -0.25) is 9.78 Å². The van der Waals surface area contributed by atoms with Crippen molar-refractivity contribution in [2.24, 2.45) is 5.92 Å². The second-order valence-corrected chi connectivity index (χ2v) is 5.67. The molecule has 1 aliphatic heterocycles. The molecule has 2 unspecified atom stereocenters. The molecule has 3 nitrogen and oxygen atoms in total. The van der Waals surface area contributed by atoms with E-state index in [1.165, 1.54) is 19.3 Å². The predicted octanol–water partition coefficient (Wildman–Crippen LogP) is 2.86. The van der Waals surface area contributed by atoms with Crippen LogP contribution in [0.25, 0.3) is 10.9 Å². The van der Waals surface area contributed by atoms with E-state index in [1.54, 1.807) is 6.20 Å². The van der Waals surface area contributed by atoms with Crippen LogP contribution in [-0.2, 0) is 0 Å². The lowest BCUT2D eigenvalue weighted by atomic mass is 10.1. The standard InChI is InChI=1S/C16H16N2O/c19-16(18-10-11-6-7-13(18)9-11)14-5-1-3-12-4-2-8-17-15(12)14/h1-5,8,11,13H,6-7,9-10H2. The van der Waals surface area contributed by atoms with Crippen LogP contribution in [0.1, 0.15) is 29.6 Å². The highest BCUT2D eigenvalue weighted by atomic mass is 16.2. The van der Waals surface area contributed by atoms with Crippen molar-refractivity contribution in [3.05, 3.63) is 42.1 Å². The Morgan fingerprint density at radius 3 is 2.89 bits per heavy atom. The third kappa shape index (κ3) is 1.65. The number of para-hydroxylation sites is 1. The van der Waals surface area contributed by atoms with Crippen molar-refractivity contribution in [3.63, 3.8) is 0 Å². The fourth-order valence-corrected chi connectivity index (χ4v) is 3.60. The molecule has 96 valence electrons. The summed E-state index contributed by atoms with van der Waals surface area (Å²) in [6.45, 7) is 0.937. The van der Waals surface area contributed by atoms with Crippen LogP contribution >= 0.6 is 0 Å². The minimum Gasteiger partial charge on any atom is -0.335 e. The summed E-state index contributed by atoms with van der Waals surface area (Å²) in [5.74, 6) is 0.897. The molecule has 1 amide bonds. The van der Waals surface area contributed by atoms with Crippen LogP contribution in [-0.4, -0.2) is 28.4 Å². The van der Waals surface area contributed by atoms with E-state index >= 15 is 0 Å². The molecule has 19 heavy (non-hydrogen) atoms. The van der Waals surface area contributed by atoms with Crippen LogP contribution in [0.5, 0.6) is 0 Å². The number of benzene rings is 1. The SMILES string of the molecule is O=C(c1cccc2cccnc12)N1CC2CCC1C2. The molecule has 2 bridgehead atoms. The summed E-state index contributed by atoms with van der Waals surface area (Å²) >= 11 is 0. The number of hydrogen-bond donors (Lipinski definition) is 0. The lowest BCUT2D eigenvalue weighted by Gasteiger charge is -2.27. The number of carbonyl (C=O) groups excluding carboxylic acids is 1. The minimum absolute atomic E-state index is 0.163. The first-order chi connectivity index (χ1) is 9.33. The summed E-state index contributed by atoms with van der Waals surface area (Å²) in [4.78, 5) is 19.2. The normalized spacial score (nSPS) is 25.2. The van der Waals surface area contributed by atoms with E-state index in [1.807, 2.05) is 30.3 Å². The molecule has 2 heterocycles. The van der Waals surface area contributed by atoms with Gasteiger partial charge in [-0.05, 0) is 37.3 Å². The molecule has 3 heteroatoms. The molecule has 2 atom stereocenters. The molecule has 2 fully saturated rings. The zero-order valence-corrected chi connectivity index (χ0v) is 10.7. The summed E-state index contributed by atoms with van der Waals surface area (Å²) in [7, 11) is 0. The molecule has 1 aromatic carbocycles. The first-order valence-corrected chi connectivity index (χ1v) is 6.97. The first kappa shape index (κ1) is 11.0. The summed E-state index contributed by atoms with van der Waals surface area (Å²) in [6.07, 6.45) is 5.43. The Morgan fingerprint density at radius 1 is 1.21 bits per heavy atom. The summed E-state index contributed by atoms with van der Waals surface area (Å²) in [6, 6.07) is 10.3. The maximum Gasteiger partial charge on any atom is 0.256 e. The molecule has 0 spiro atoms. The Balaban J connectivity index is 1.76. The highest BCUT2D eigenvalue weighted by Crippen LogP contribution is 2.38. The van der Waals surface area contributed by atoms with Gasteiger partial charge in [0.15, 0.2) is 0 Å². The van der Waals surface area contributed by atoms with E-state index in [0.29, 0.717) is 6.04 Å². The molecular weight excluding hydrogens is 236 g/mol. The van der Waals surface area contributed by atoms with Crippen molar-refractivity contribution in [1.82, 2.24) is 9.88 Å². The second kappa shape index (κ2) is 4.05. The fourth-order valence-electron chi connectivity index (χ4n) is 3.60. The maximum atomic E-state index is 12.7. The van der Waals surface area contributed by atoms with Crippen molar-refractivity contribution < 1.29 is 4.79 Å². The van der Waals surface area contributed by atoms with Crippen molar-refractivity contribution in [2.75, 3.05) is 6.54 Å². The van der Waals surface area contributed by atoms with Gasteiger partial charge in [0.2, 0.25) is 0 Å². The Kier molecular flexibility index (Phi) is 2.34. The number of nitrogens with zero attached hydrogens (tertiary/aromatic N) is 2. The number of likely N-dealkylation sites (tertiary alicyclic amines) is 1. The quantitative estimate of drug-likeness (QED) is 0.782. The van der Waals surface area contributed by atoms with E-state index in [2.05, 4.69) is 9.88 Å². The smallest absolute Gasteiger partial charge is 0.256 e. The number of amides is 1. The van der Waals surface area contributed by atoms with Gasteiger partial charge in [-0.1, -0.05) is 18.2 Å². The third-order valence-electron chi connectivity index (χ3n) is 4.53. The molecule has 0 N–H and O–H groups in total. The summed E-state index contributed by atoms with van der Waals surface area (Å²) < 4.78 is 0. The Hall–Kier alpha value is -1.90. The van der Waals surface area contributed by atoms with Gasteiger partial charge in [0.05, 0.1) is 11.1 Å². The largest absolute Gasteiger partial charge is 0.335 e. The minimum atomic E-state index is 0.163. The lowest BCUT2D eigenvalue weighted by molar-refractivity contribution is 0.0705. The van der Waals surface area contributed by atoms with Crippen LogP contribution in [0.3, 0.4) is 0 Å². The molecule has 1 saturated heterocycles. The number of fused-ring (bicyclic) bond motifs is 3. The zero-order chi connectivity index (χ0) is 12.8. The van der Waals surface area contributed by atoms with Gasteiger partial charge < -0.3 is 4.90 Å². The van der Waals surface area contributed by atoms with Crippen molar-refractivity contribution in [3.8, 4) is 0 Å². The molecule has 2 aromatic rings. The van der Waals surface area contributed by atoms with Gasteiger partial charge in [0.25, 0.3) is 5.91 Å². The lowest BCUT2D eigenvalue weighted by Crippen LogP contribution is -2.37. The molecule has 2 aliphatic rings. The topological polar surface area (TPSA) is 33.2 Å². The third-order valence-corrected chi connectivity index (χ3v) is 4.53. The maximum absolute atomic E-state index is 12.7. The Morgan fingerprint density at radius 2 is 2.11 bits per heavy atom. The number of rotatable bonds is 1. The molecule has 0 radical (unpaired) electrons. The molecule has 1 aliphatic carbocycles. The van der Waals surface area contributed by atoms with Gasteiger partial charge >= 0.3 is 0 Å². The van der Waals surface area contributed by atoms with E-state index in [-0.39, 0.29) is 5.91 Å². The number of piperidine rings is 1. The van der Waals surface area contributed by atoms with Crippen molar-refractivity contribution >= 4 is 16.8 Å². The number of carbonyl (C=O) groups is 1. The van der Waals surface area contributed by atoms with E-state index < -0.39 is 0 Å². The molecular formula is C16H16N2O. The highest BCUT2D eigenvalue weighted by molar-refractivity contribution is 6.05. The predicted molar refractivity (Wildman–Crippen MR) is 73.9 cm³/mol. The zero-order valence-electron chi connectivity index (χ0n) is 10.7. The Bertz CT molecular complexity index is 647. The van der Waals surface area contributed by atoms with Gasteiger partial charge in [0.1, 0.15) is 0 Å². The van der Waals surface area contributed by atoms with Crippen LogP contribution in [0.2, 0.25) is 0 Å². The van der Waals surface area contributed by atoms with Crippen LogP contribution in [0.15, 0.2) is 36.5 Å². The van der Waals surface area contributed by atoms with Gasteiger partial charge in [-0.15, -0.1) is 0 Å². The van der Waals surface area contributed by atoms with Crippen LogP contribution < -0.4 is 0 Å². The molecule has 1 saturated carbocycles. The second-order valence-electron chi connectivity index (χ2n) is 5.67. The number of pyridine rings is 1. The fraction of sp³-hybridized carbons (Fsp3) is 0.375. The molecule has 1 aromatic heterocycles. The monoisotopic (exact) mass is 252 g/mol. The van der Waals surface area contributed by atoms with Crippen molar-refractivity contribution in [1.29, 1.82) is 0 Å². The van der Waals surface area contributed by atoms with E-state index in [9.17, 15) is 4.79 Å². The van der Waals surface area contributed by atoms with E-state index in [0.717, 1.165) is 28.9 Å². The van der Waals surface area contributed by atoms with Gasteiger partial charge in [-0.25, -0.2) is 0 Å². The van der Waals surface area contributed by atoms with Gasteiger partial charge in [-0.2, -0.15) is 0 Å². The Labute approximate surface area is 112 Å². The molecule has 4 rings (SSSR count). The van der Waals surface area contributed by atoms with Crippen LogP contribution in [0, 0.1) is 5.92 Å². The average molecular weight is 252 g/mol. The summed E-state index contributed by atoms with van der Waals surface area (Å²) in [5.41, 5.74) is 1.59. The first-order valence-electron chi connectivity index (χ1n) is 6.97. The van der Waals surface area contributed by atoms with Gasteiger partial charge in [0, 0.05) is 24.2 Å². The van der Waals surface area contributed by atoms with Crippen LogP contribution in [0.4, 0.5) is 0 Å². The number of hydrogen-bond acceptors (Lipinski definition) is 2. The highest BCUT2D eigenvalue weighted by Gasteiger charge is 2.40. The van der Waals surface area contributed by atoms with Crippen molar-refractivity contribution in [2.45, 2.75) is 25.3 Å².